The molecule has 0 bridgehead atoms. The van der Waals surface area contributed by atoms with Crippen molar-refractivity contribution in [2.75, 3.05) is 0 Å². The second-order valence-corrected chi connectivity index (χ2v) is 1.94. The van der Waals surface area contributed by atoms with E-state index in [0.29, 0.717) is 0 Å². The normalized spacial score (nSPS) is 9.44. The molecule has 2 N–H and O–H groups in total. The highest BCUT2D eigenvalue weighted by molar-refractivity contribution is 6.29. The fourth-order valence-electron chi connectivity index (χ4n) is 0.439. The standard InChI is InChI=1S/C5H4ClNO2/c6-5-1-3(8)4(9)2-7-5/h1-2,9H,(H,7,8). The highest BCUT2D eigenvalue weighted by Crippen LogP contribution is 2.02. The van der Waals surface area contributed by atoms with Crippen molar-refractivity contribution in [3.8, 4) is 5.75 Å². The van der Waals surface area contributed by atoms with Gasteiger partial charge in [0.2, 0.25) is 5.43 Å². The minimum Gasteiger partial charge on any atom is -0.503 e. The van der Waals surface area contributed by atoms with E-state index in [9.17, 15) is 4.79 Å². The summed E-state index contributed by atoms with van der Waals surface area (Å²) in [6.07, 6.45) is 1.14. The minimum atomic E-state index is -0.473. The largest absolute Gasteiger partial charge is 0.503 e. The lowest BCUT2D eigenvalue weighted by Crippen LogP contribution is -1.97. The van der Waals surface area contributed by atoms with Crippen molar-refractivity contribution in [3.63, 3.8) is 0 Å². The molecule has 0 spiro atoms. The number of aromatic hydroxyl groups is 1. The van der Waals surface area contributed by atoms with Crippen molar-refractivity contribution in [2.24, 2.45) is 0 Å². The maximum atomic E-state index is 10.5. The molecular formula is C5H4ClNO2. The van der Waals surface area contributed by atoms with Gasteiger partial charge < -0.3 is 10.1 Å². The first-order valence-electron chi connectivity index (χ1n) is 2.27. The predicted molar refractivity (Wildman–Crippen MR) is 33.7 cm³/mol. The van der Waals surface area contributed by atoms with Crippen LogP contribution in [0.15, 0.2) is 17.1 Å². The van der Waals surface area contributed by atoms with Crippen LogP contribution in [-0.2, 0) is 0 Å². The van der Waals surface area contributed by atoms with Gasteiger partial charge in [0, 0.05) is 12.3 Å². The maximum absolute atomic E-state index is 10.5. The van der Waals surface area contributed by atoms with Gasteiger partial charge in [-0.15, -0.1) is 0 Å². The second-order valence-electron chi connectivity index (χ2n) is 1.53. The number of pyridine rings is 1. The van der Waals surface area contributed by atoms with Crippen LogP contribution in [0.1, 0.15) is 0 Å². The van der Waals surface area contributed by atoms with E-state index in [4.69, 9.17) is 16.7 Å². The number of nitrogens with one attached hydrogen (secondary N) is 1. The van der Waals surface area contributed by atoms with Crippen molar-refractivity contribution < 1.29 is 5.11 Å². The van der Waals surface area contributed by atoms with Crippen LogP contribution in [0.3, 0.4) is 0 Å². The van der Waals surface area contributed by atoms with Crippen molar-refractivity contribution in [1.82, 2.24) is 4.98 Å². The molecule has 0 aliphatic rings. The molecule has 4 heteroatoms. The number of halogens is 1. The average Bonchev–Trinajstić information content (AvgIpc) is 1.80. The van der Waals surface area contributed by atoms with Gasteiger partial charge in [-0.05, 0) is 0 Å². The van der Waals surface area contributed by atoms with E-state index in [0.717, 1.165) is 12.3 Å². The third-order valence-electron chi connectivity index (χ3n) is 0.857. The molecule has 0 atom stereocenters. The zero-order chi connectivity index (χ0) is 6.85. The SMILES string of the molecule is O=c1cc(Cl)[nH]cc1O. The third kappa shape index (κ3) is 1.23. The summed E-state index contributed by atoms with van der Waals surface area (Å²) in [5.74, 6) is -0.320. The van der Waals surface area contributed by atoms with E-state index in [1.807, 2.05) is 0 Å². The van der Waals surface area contributed by atoms with Crippen LogP contribution in [0.2, 0.25) is 5.15 Å². The molecule has 0 aliphatic carbocycles. The summed E-state index contributed by atoms with van der Waals surface area (Å²) >= 11 is 5.35. The highest BCUT2D eigenvalue weighted by Gasteiger charge is 1.93. The molecule has 0 radical (unpaired) electrons. The third-order valence-corrected chi connectivity index (χ3v) is 1.08. The Bertz CT molecular complexity index is 268. The molecule has 0 saturated heterocycles. The van der Waals surface area contributed by atoms with Gasteiger partial charge in [-0.3, -0.25) is 4.79 Å². The van der Waals surface area contributed by atoms with Gasteiger partial charge in [-0.1, -0.05) is 11.6 Å². The lowest BCUT2D eigenvalue weighted by atomic mass is 10.4. The average molecular weight is 146 g/mol. The van der Waals surface area contributed by atoms with Gasteiger partial charge in [0.1, 0.15) is 5.15 Å². The number of aromatic amines is 1. The highest BCUT2D eigenvalue weighted by atomic mass is 35.5. The van der Waals surface area contributed by atoms with E-state index in [1.165, 1.54) is 0 Å². The Morgan fingerprint density at radius 3 is 2.78 bits per heavy atom. The number of hydrogen-bond acceptors (Lipinski definition) is 2. The zero-order valence-corrected chi connectivity index (χ0v) is 5.14. The van der Waals surface area contributed by atoms with Crippen LogP contribution in [0, 0.1) is 0 Å². The van der Waals surface area contributed by atoms with E-state index < -0.39 is 5.43 Å². The molecule has 0 aromatic carbocycles. The van der Waals surface area contributed by atoms with Crippen LogP contribution in [0.25, 0.3) is 0 Å². The van der Waals surface area contributed by atoms with Crippen molar-refractivity contribution in [1.29, 1.82) is 0 Å². The molecule has 0 amide bonds. The monoisotopic (exact) mass is 145 g/mol. The van der Waals surface area contributed by atoms with Crippen LogP contribution in [0.4, 0.5) is 0 Å². The van der Waals surface area contributed by atoms with Crippen molar-refractivity contribution in [3.05, 3.63) is 27.6 Å². The number of aromatic nitrogens is 1. The van der Waals surface area contributed by atoms with Crippen LogP contribution >= 0.6 is 11.6 Å². The van der Waals surface area contributed by atoms with Gasteiger partial charge in [-0.2, -0.15) is 0 Å². The molecule has 0 saturated carbocycles. The fraction of sp³-hybridized carbons (Fsp3) is 0. The molecule has 9 heavy (non-hydrogen) atoms. The topological polar surface area (TPSA) is 53.1 Å². The maximum Gasteiger partial charge on any atom is 0.224 e. The first-order valence-corrected chi connectivity index (χ1v) is 2.65. The first kappa shape index (κ1) is 6.16. The van der Waals surface area contributed by atoms with Gasteiger partial charge in [0.25, 0.3) is 0 Å². The van der Waals surface area contributed by atoms with Gasteiger partial charge in [0.05, 0.1) is 0 Å². The van der Waals surface area contributed by atoms with Crippen LogP contribution < -0.4 is 5.43 Å². The van der Waals surface area contributed by atoms with E-state index >= 15 is 0 Å². The summed E-state index contributed by atoms with van der Waals surface area (Å²) in [6, 6.07) is 1.11. The Morgan fingerprint density at radius 2 is 2.33 bits per heavy atom. The summed E-state index contributed by atoms with van der Waals surface area (Å²) in [4.78, 5) is 12.9. The summed E-state index contributed by atoms with van der Waals surface area (Å²) in [5, 5.41) is 8.86. The number of hydrogen-bond donors (Lipinski definition) is 2. The zero-order valence-electron chi connectivity index (χ0n) is 4.39. The summed E-state index contributed by atoms with van der Waals surface area (Å²) in [7, 11) is 0. The van der Waals surface area contributed by atoms with E-state index in [1.54, 1.807) is 0 Å². The van der Waals surface area contributed by atoms with Gasteiger partial charge in [-0.25, -0.2) is 0 Å². The Balaban J connectivity index is 3.34. The lowest BCUT2D eigenvalue weighted by molar-refractivity contribution is 0.467. The Labute approximate surface area is 55.9 Å². The van der Waals surface area contributed by atoms with E-state index in [-0.39, 0.29) is 10.9 Å². The Morgan fingerprint density at radius 1 is 1.67 bits per heavy atom. The first-order chi connectivity index (χ1) is 4.20. The van der Waals surface area contributed by atoms with Crippen LogP contribution in [-0.4, -0.2) is 10.1 Å². The predicted octanol–water partition coefficient (Wildman–Crippen LogP) is 0.734. The van der Waals surface area contributed by atoms with Crippen LogP contribution in [0.5, 0.6) is 5.75 Å². The molecule has 48 valence electrons. The molecule has 0 unspecified atom stereocenters. The molecule has 0 aliphatic heterocycles. The molecule has 1 rings (SSSR count). The Kier molecular flexibility index (Phi) is 1.44. The summed E-state index contributed by atoms with van der Waals surface area (Å²) < 4.78 is 0. The quantitative estimate of drug-likeness (QED) is 0.529. The second kappa shape index (κ2) is 2.11. The van der Waals surface area contributed by atoms with Gasteiger partial charge in [0.15, 0.2) is 5.75 Å². The lowest BCUT2D eigenvalue weighted by Gasteiger charge is -1.88. The van der Waals surface area contributed by atoms with Crippen molar-refractivity contribution >= 4 is 11.6 Å². The molecule has 1 aromatic rings. The van der Waals surface area contributed by atoms with Gasteiger partial charge >= 0.3 is 0 Å². The molecule has 1 heterocycles. The summed E-state index contributed by atoms with van der Waals surface area (Å²) in [6.45, 7) is 0. The van der Waals surface area contributed by atoms with E-state index in [2.05, 4.69) is 4.98 Å². The smallest absolute Gasteiger partial charge is 0.224 e. The molecule has 0 fully saturated rings. The van der Waals surface area contributed by atoms with Crippen molar-refractivity contribution in [2.45, 2.75) is 0 Å². The summed E-state index contributed by atoms with van der Waals surface area (Å²) in [5.41, 5.74) is -0.473. The number of rotatable bonds is 0. The number of H-pyrrole nitrogens is 1. The Hall–Kier alpha value is -0.960. The molecular weight excluding hydrogens is 142 g/mol. The molecule has 1 aromatic heterocycles. The fourth-order valence-corrected chi connectivity index (χ4v) is 0.593. The minimum absolute atomic E-state index is 0.220. The molecule has 3 nitrogen and oxygen atoms in total.